The van der Waals surface area contributed by atoms with Crippen molar-refractivity contribution in [2.45, 2.75) is 31.2 Å². The van der Waals surface area contributed by atoms with Crippen LogP contribution in [0.5, 0.6) is 0 Å². The van der Waals surface area contributed by atoms with Crippen LogP contribution in [0.15, 0.2) is 40.9 Å². The predicted molar refractivity (Wildman–Crippen MR) is 82.3 cm³/mol. The number of hydrogen-bond acceptors (Lipinski definition) is 4. The lowest BCUT2D eigenvalue weighted by Crippen LogP contribution is -2.42. The van der Waals surface area contributed by atoms with E-state index in [9.17, 15) is 4.79 Å². The first kappa shape index (κ1) is 14.8. The Labute approximate surface area is 129 Å². The van der Waals surface area contributed by atoms with E-state index in [1.807, 2.05) is 43.3 Å². The van der Waals surface area contributed by atoms with Crippen LogP contribution in [0.1, 0.15) is 25.5 Å². The van der Waals surface area contributed by atoms with Crippen LogP contribution < -0.4 is 5.32 Å². The number of nitrogens with one attached hydrogen (secondary N) is 1. The molecular weight excluding hydrogens is 280 g/mol. The smallest absolute Gasteiger partial charge is 0.232 e. The van der Waals surface area contributed by atoms with E-state index >= 15 is 0 Å². The van der Waals surface area contributed by atoms with Gasteiger partial charge >= 0.3 is 0 Å². The van der Waals surface area contributed by atoms with Gasteiger partial charge in [-0.15, -0.1) is 0 Å². The topological polar surface area (TPSA) is 64.4 Å². The maximum absolute atomic E-state index is 12.5. The second-order valence-electron chi connectivity index (χ2n) is 5.85. The van der Waals surface area contributed by atoms with Gasteiger partial charge in [0.15, 0.2) is 5.76 Å². The fourth-order valence-electron chi connectivity index (χ4n) is 2.62. The number of carbonyl (C=O) groups is 1. The number of carbonyl (C=O) groups excluding carboxylic acids is 1. The fraction of sp³-hybridized carbons (Fsp3) is 0.412. The molecule has 0 spiro atoms. The summed E-state index contributed by atoms with van der Waals surface area (Å²) in [5.41, 5.74) is 1.15. The van der Waals surface area contributed by atoms with Crippen LogP contribution in [-0.2, 0) is 14.9 Å². The van der Waals surface area contributed by atoms with E-state index in [1.165, 1.54) is 0 Å². The Morgan fingerprint density at radius 3 is 2.77 bits per heavy atom. The predicted octanol–water partition coefficient (Wildman–Crippen LogP) is 2.52. The van der Waals surface area contributed by atoms with Crippen LogP contribution in [0.4, 0.5) is 0 Å². The van der Waals surface area contributed by atoms with Crippen molar-refractivity contribution in [1.29, 1.82) is 0 Å². The first-order chi connectivity index (χ1) is 10.7. The summed E-state index contributed by atoms with van der Waals surface area (Å²) in [5.74, 6) is 0.699. The molecule has 1 aromatic heterocycles. The molecule has 0 saturated heterocycles. The van der Waals surface area contributed by atoms with Gasteiger partial charge in [0.25, 0.3) is 0 Å². The van der Waals surface area contributed by atoms with Crippen molar-refractivity contribution in [3.05, 3.63) is 42.1 Å². The maximum Gasteiger partial charge on any atom is 0.232 e. The molecule has 1 aliphatic carbocycles. The molecule has 1 unspecified atom stereocenters. The van der Waals surface area contributed by atoms with Gasteiger partial charge in [0.2, 0.25) is 5.91 Å². The number of nitrogens with zero attached hydrogens (tertiary/aromatic N) is 1. The molecule has 1 N–H and O–H groups in total. The Hall–Kier alpha value is -2.14. The Kier molecular flexibility index (Phi) is 3.98. The molecule has 1 atom stereocenters. The fourth-order valence-corrected chi connectivity index (χ4v) is 2.62. The molecule has 0 aliphatic heterocycles. The Bertz CT molecular complexity index is 647. The van der Waals surface area contributed by atoms with E-state index in [2.05, 4.69) is 10.5 Å². The van der Waals surface area contributed by atoms with E-state index in [0.717, 1.165) is 18.4 Å². The van der Waals surface area contributed by atoms with Crippen LogP contribution in [0.3, 0.4) is 0 Å². The molecule has 0 bridgehead atoms. The van der Waals surface area contributed by atoms with Crippen molar-refractivity contribution in [2.75, 3.05) is 13.7 Å². The quantitative estimate of drug-likeness (QED) is 0.890. The summed E-state index contributed by atoms with van der Waals surface area (Å²) in [4.78, 5) is 12.5. The van der Waals surface area contributed by atoms with E-state index < -0.39 is 5.41 Å². The van der Waals surface area contributed by atoms with Gasteiger partial charge in [-0.2, -0.15) is 0 Å². The highest BCUT2D eigenvalue weighted by Crippen LogP contribution is 2.48. The summed E-state index contributed by atoms with van der Waals surface area (Å²) >= 11 is 0. The van der Waals surface area contributed by atoms with Gasteiger partial charge < -0.3 is 14.6 Å². The zero-order valence-corrected chi connectivity index (χ0v) is 12.8. The first-order valence-electron chi connectivity index (χ1n) is 7.48. The number of methoxy groups -OCH3 is 1. The van der Waals surface area contributed by atoms with Crippen molar-refractivity contribution >= 4 is 5.91 Å². The Balaban J connectivity index is 1.76. The van der Waals surface area contributed by atoms with Gasteiger partial charge in [0.05, 0.1) is 17.7 Å². The van der Waals surface area contributed by atoms with Crippen LogP contribution >= 0.6 is 0 Å². The summed E-state index contributed by atoms with van der Waals surface area (Å²) in [6, 6.07) is 11.6. The highest BCUT2D eigenvalue weighted by Gasteiger charge is 2.54. The molecular formula is C17H20N2O3. The minimum Gasteiger partial charge on any atom is -0.383 e. The summed E-state index contributed by atoms with van der Waals surface area (Å²) < 4.78 is 10.5. The largest absolute Gasteiger partial charge is 0.383 e. The monoisotopic (exact) mass is 300 g/mol. The standard InChI is InChI=1S/C17H20N2O3/c1-12(11-21-2)18-16(20)17(8-9-17)15-10-14(22-19-15)13-6-4-3-5-7-13/h3-7,10,12H,8-9,11H2,1-2H3,(H,18,20). The van der Waals surface area contributed by atoms with Crippen molar-refractivity contribution in [2.24, 2.45) is 0 Å². The molecule has 1 aromatic carbocycles. The minimum atomic E-state index is -0.529. The molecule has 2 aromatic rings. The van der Waals surface area contributed by atoms with Crippen LogP contribution in [0.2, 0.25) is 0 Å². The van der Waals surface area contributed by atoms with Gasteiger partial charge in [-0.05, 0) is 19.8 Å². The van der Waals surface area contributed by atoms with Gasteiger partial charge in [0.1, 0.15) is 0 Å². The average Bonchev–Trinajstić information content (AvgIpc) is 3.19. The lowest BCUT2D eigenvalue weighted by molar-refractivity contribution is -0.124. The molecule has 116 valence electrons. The maximum atomic E-state index is 12.5. The summed E-state index contributed by atoms with van der Waals surface area (Å²) in [6.45, 7) is 2.42. The van der Waals surface area contributed by atoms with Crippen LogP contribution in [-0.4, -0.2) is 30.8 Å². The molecule has 1 amide bonds. The van der Waals surface area contributed by atoms with Crippen molar-refractivity contribution in [3.63, 3.8) is 0 Å². The lowest BCUT2D eigenvalue weighted by Gasteiger charge is -2.17. The summed E-state index contributed by atoms with van der Waals surface area (Å²) in [7, 11) is 1.62. The third-order valence-electron chi connectivity index (χ3n) is 4.04. The molecule has 1 fully saturated rings. The second kappa shape index (κ2) is 5.93. The molecule has 5 nitrogen and oxygen atoms in total. The normalized spacial score (nSPS) is 17.0. The van der Waals surface area contributed by atoms with E-state index in [-0.39, 0.29) is 11.9 Å². The van der Waals surface area contributed by atoms with Gasteiger partial charge in [0, 0.05) is 24.8 Å². The molecule has 5 heteroatoms. The summed E-state index contributed by atoms with van der Waals surface area (Å²) in [6.07, 6.45) is 1.61. The molecule has 1 saturated carbocycles. The van der Waals surface area contributed by atoms with E-state index in [0.29, 0.717) is 18.1 Å². The summed E-state index contributed by atoms with van der Waals surface area (Å²) in [5, 5.41) is 7.12. The SMILES string of the molecule is COCC(C)NC(=O)C1(c2cc(-c3ccccc3)on2)CC1. The number of amides is 1. The Morgan fingerprint density at radius 2 is 2.14 bits per heavy atom. The van der Waals surface area contributed by atoms with Crippen molar-refractivity contribution < 1.29 is 14.1 Å². The van der Waals surface area contributed by atoms with E-state index in [1.54, 1.807) is 7.11 Å². The first-order valence-corrected chi connectivity index (χ1v) is 7.48. The van der Waals surface area contributed by atoms with Gasteiger partial charge in [-0.25, -0.2) is 0 Å². The van der Waals surface area contributed by atoms with Gasteiger partial charge in [-0.1, -0.05) is 35.5 Å². The number of aromatic nitrogens is 1. The highest BCUT2D eigenvalue weighted by atomic mass is 16.5. The molecule has 1 heterocycles. The Morgan fingerprint density at radius 1 is 1.41 bits per heavy atom. The number of benzene rings is 1. The molecule has 22 heavy (non-hydrogen) atoms. The molecule has 1 aliphatic rings. The highest BCUT2D eigenvalue weighted by molar-refractivity contribution is 5.91. The molecule has 3 rings (SSSR count). The van der Waals surface area contributed by atoms with Gasteiger partial charge in [-0.3, -0.25) is 4.79 Å². The number of hydrogen-bond donors (Lipinski definition) is 1. The second-order valence-corrected chi connectivity index (χ2v) is 5.85. The third-order valence-corrected chi connectivity index (χ3v) is 4.04. The van der Waals surface area contributed by atoms with Crippen molar-refractivity contribution in [3.8, 4) is 11.3 Å². The van der Waals surface area contributed by atoms with E-state index in [4.69, 9.17) is 9.26 Å². The number of rotatable bonds is 6. The minimum absolute atomic E-state index is 0.00459. The van der Waals surface area contributed by atoms with Crippen LogP contribution in [0.25, 0.3) is 11.3 Å². The molecule has 0 radical (unpaired) electrons. The zero-order chi connectivity index (χ0) is 15.6. The van der Waals surface area contributed by atoms with Crippen LogP contribution in [0, 0.1) is 0 Å². The van der Waals surface area contributed by atoms with Crippen molar-refractivity contribution in [1.82, 2.24) is 10.5 Å². The average molecular weight is 300 g/mol. The zero-order valence-electron chi connectivity index (χ0n) is 12.8. The third kappa shape index (κ3) is 2.76. The number of ether oxygens (including phenoxy) is 1. The lowest BCUT2D eigenvalue weighted by atomic mass is 10.00.